The van der Waals surface area contributed by atoms with Gasteiger partial charge in [-0.15, -0.1) is 0 Å². The number of rotatable bonds is 7. The lowest BCUT2D eigenvalue weighted by Crippen LogP contribution is -2.18. The minimum absolute atomic E-state index is 0.391. The van der Waals surface area contributed by atoms with Crippen LogP contribution in [0.5, 0.6) is 0 Å². The van der Waals surface area contributed by atoms with Crippen molar-refractivity contribution in [1.82, 2.24) is 0 Å². The Labute approximate surface area is 120 Å². The molecule has 1 aromatic carbocycles. The second-order valence-corrected chi connectivity index (χ2v) is 6.76. The van der Waals surface area contributed by atoms with Crippen molar-refractivity contribution in [3.8, 4) is 0 Å². The third-order valence-electron chi connectivity index (χ3n) is 2.77. The number of hydrogen-bond acceptors (Lipinski definition) is 3. The highest BCUT2D eigenvalue weighted by Gasteiger charge is 2.09. The molecule has 1 unspecified atom stereocenters. The molecule has 0 fully saturated rings. The smallest absolute Gasteiger partial charge is 0.229 e. The van der Waals surface area contributed by atoms with Crippen molar-refractivity contribution in [2.75, 3.05) is 16.3 Å². The molecule has 2 N–H and O–H groups in total. The van der Waals surface area contributed by atoms with E-state index in [0.29, 0.717) is 16.8 Å². The number of anilines is 2. The predicted octanol–water partition coefficient (Wildman–Crippen LogP) is 3.70. The van der Waals surface area contributed by atoms with Crippen molar-refractivity contribution in [2.45, 2.75) is 39.2 Å². The zero-order valence-electron chi connectivity index (χ0n) is 11.5. The van der Waals surface area contributed by atoms with Crippen LogP contribution in [0.4, 0.5) is 11.4 Å². The van der Waals surface area contributed by atoms with Crippen molar-refractivity contribution in [3.05, 3.63) is 23.2 Å². The molecule has 0 aliphatic rings. The first kappa shape index (κ1) is 16.1. The van der Waals surface area contributed by atoms with Crippen molar-refractivity contribution in [3.63, 3.8) is 0 Å². The summed E-state index contributed by atoms with van der Waals surface area (Å²) in [6.45, 7) is 4.28. The maximum absolute atomic E-state index is 11.2. The van der Waals surface area contributed by atoms with Crippen molar-refractivity contribution >= 4 is 33.0 Å². The van der Waals surface area contributed by atoms with E-state index in [1.807, 2.05) is 6.07 Å². The summed E-state index contributed by atoms with van der Waals surface area (Å²) in [5, 5.41) is 3.79. The van der Waals surface area contributed by atoms with E-state index in [2.05, 4.69) is 23.9 Å². The zero-order valence-corrected chi connectivity index (χ0v) is 13.1. The normalized spacial score (nSPS) is 13.1. The van der Waals surface area contributed by atoms with Gasteiger partial charge in [-0.1, -0.05) is 31.9 Å². The first-order chi connectivity index (χ1) is 8.85. The van der Waals surface area contributed by atoms with E-state index < -0.39 is 10.0 Å². The molecule has 6 heteroatoms. The highest BCUT2D eigenvalue weighted by molar-refractivity contribution is 7.92. The lowest BCUT2D eigenvalue weighted by molar-refractivity contribution is 0.607. The average molecular weight is 305 g/mol. The number of halogens is 1. The van der Waals surface area contributed by atoms with E-state index in [-0.39, 0.29) is 0 Å². The number of hydrogen-bond donors (Lipinski definition) is 2. The molecule has 4 nitrogen and oxygen atoms in total. The summed E-state index contributed by atoms with van der Waals surface area (Å²) in [6.07, 6.45) is 4.35. The van der Waals surface area contributed by atoms with Crippen LogP contribution in [-0.4, -0.2) is 20.7 Å². The molecular weight excluding hydrogens is 284 g/mol. The van der Waals surface area contributed by atoms with Gasteiger partial charge in [0.2, 0.25) is 10.0 Å². The molecule has 0 radical (unpaired) electrons. The molecule has 0 saturated carbocycles. The largest absolute Gasteiger partial charge is 0.382 e. The van der Waals surface area contributed by atoms with Crippen LogP contribution in [0, 0.1) is 0 Å². The van der Waals surface area contributed by atoms with Crippen molar-refractivity contribution in [1.29, 1.82) is 0 Å². The van der Waals surface area contributed by atoms with Crippen molar-refractivity contribution in [2.24, 2.45) is 0 Å². The Kier molecular flexibility index (Phi) is 5.94. The van der Waals surface area contributed by atoms with E-state index in [0.717, 1.165) is 31.2 Å². The number of sulfonamides is 1. The number of nitrogens with one attached hydrogen (secondary N) is 2. The van der Waals surface area contributed by atoms with Crippen molar-refractivity contribution < 1.29 is 8.42 Å². The van der Waals surface area contributed by atoms with Crippen LogP contribution in [0.15, 0.2) is 18.2 Å². The topological polar surface area (TPSA) is 58.2 Å². The first-order valence-electron chi connectivity index (χ1n) is 6.39. The van der Waals surface area contributed by atoms with Gasteiger partial charge in [-0.2, -0.15) is 0 Å². The first-order valence-corrected chi connectivity index (χ1v) is 8.66. The highest BCUT2D eigenvalue weighted by Crippen LogP contribution is 2.27. The fourth-order valence-electron chi connectivity index (χ4n) is 1.85. The quantitative estimate of drug-likeness (QED) is 0.807. The highest BCUT2D eigenvalue weighted by atomic mass is 35.5. The fraction of sp³-hybridized carbons (Fsp3) is 0.538. The Morgan fingerprint density at radius 2 is 2.00 bits per heavy atom. The summed E-state index contributed by atoms with van der Waals surface area (Å²) in [5.74, 6) is 0. The summed E-state index contributed by atoms with van der Waals surface area (Å²) in [4.78, 5) is 0. The summed E-state index contributed by atoms with van der Waals surface area (Å²) >= 11 is 6.07. The molecule has 1 aromatic rings. The third kappa shape index (κ3) is 5.70. The van der Waals surface area contributed by atoms with E-state index >= 15 is 0 Å². The minimum Gasteiger partial charge on any atom is -0.382 e. The molecule has 0 aliphatic carbocycles. The van der Waals surface area contributed by atoms with E-state index in [4.69, 9.17) is 11.6 Å². The second-order valence-electron chi connectivity index (χ2n) is 4.61. The minimum atomic E-state index is -3.30. The molecule has 1 rings (SSSR count). The Balaban J connectivity index is 2.81. The van der Waals surface area contributed by atoms with Crippen LogP contribution in [0.1, 0.15) is 33.1 Å². The fourth-order valence-corrected chi connectivity index (χ4v) is 2.71. The SMILES string of the molecule is CCCC(CC)Nc1ccc(NS(C)(=O)=O)c(Cl)c1. The van der Waals surface area contributed by atoms with Gasteiger partial charge < -0.3 is 5.32 Å². The second kappa shape index (κ2) is 7.01. The standard InChI is InChI=1S/C13H21ClN2O2S/c1-4-6-10(5-2)15-11-7-8-13(12(14)9-11)16-19(3,17)18/h7-10,15-16H,4-6H2,1-3H3. The molecule has 0 spiro atoms. The lowest BCUT2D eigenvalue weighted by Gasteiger charge is -2.18. The van der Waals surface area contributed by atoms with Gasteiger partial charge in [-0.25, -0.2) is 8.42 Å². The van der Waals surface area contributed by atoms with Gasteiger partial charge in [-0.3, -0.25) is 4.72 Å². The van der Waals surface area contributed by atoms with Crippen LogP contribution in [0.25, 0.3) is 0 Å². The van der Waals surface area contributed by atoms with E-state index in [1.54, 1.807) is 12.1 Å². The van der Waals surface area contributed by atoms with E-state index in [1.165, 1.54) is 0 Å². The molecule has 19 heavy (non-hydrogen) atoms. The molecule has 0 aromatic heterocycles. The maximum Gasteiger partial charge on any atom is 0.229 e. The van der Waals surface area contributed by atoms with Gasteiger partial charge >= 0.3 is 0 Å². The molecule has 108 valence electrons. The summed E-state index contributed by atoms with van der Waals surface area (Å²) in [7, 11) is -3.30. The molecule has 1 atom stereocenters. The predicted molar refractivity (Wildman–Crippen MR) is 82.5 cm³/mol. The summed E-state index contributed by atoms with van der Waals surface area (Å²) in [6, 6.07) is 5.66. The van der Waals surface area contributed by atoms with Crippen LogP contribution < -0.4 is 10.0 Å². The van der Waals surface area contributed by atoms with Crippen LogP contribution in [-0.2, 0) is 10.0 Å². The molecule has 0 heterocycles. The van der Waals surface area contributed by atoms with Gasteiger partial charge in [-0.05, 0) is 31.0 Å². The van der Waals surface area contributed by atoms with Gasteiger partial charge in [0.15, 0.2) is 0 Å². The summed E-state index contributed by atoms with van der Waals surface area (Å²) < 4.78 is 24.7. The van der Waals surface area contributed by atoms with E-state index in [9.17, 15) is 8.42 Å². The Morgan fingerprint density at radius 1 is 1.32 bits per heavy atom. The third-order valence-corrected chi connectivity index (χ3v) is 3.67. The zero-order chi connectivity index (χ0) is 14.5. The number of benzene rings is 1. The van der Waals surface area contributed by atoms with Gasteiger partial charge in [0.25, 0.3) is 0 Å². The monoisotopic (exact) mass is 304 g/mol. The van der Waals surface area contributed by atoms with Crippen LogP contribution in [0.2, 0.25) is 5.02 Å². The van der Waals surface area contributed by atoms with Gasteiger partial charge in [0.05, 0.1) is 17.0 Å². The van der Waals surface area contributed by atoms with Crippen LogP contribution in [0.3, 0.4) is 0 Å². The maximum atomic E-state index is 11.2. The molecule has 0 amide bonds. The van der Waals surface area contributed by atoms with Crippen LogP contribution >= 0.6 is 11.6 Å². The summed E-state index contributed by atoms with van der Waals surface area (Å²) in [5.41, 5.74) is 1.31. The Morgan fingerprint density at radius 3 is 2.47 bits per heavy atom. The average Bonchev–Trinajstić information content (AvgIpc) is 2.30. The van der Waals surface area contributed by atoms with Gasteiger partial charge in [0.1, 0.15) is 0 Å². The van der Waals surface area contributed by atoms with Gasteiger partial charge in [0, 0.05) is 11.7 Å². The lowest BCUT2D eigenvalue weighted by atomic mass is 10.1. The Bertz CT molecular complexity index is 517. The molecular formula is C13H21ClN2O2S. The molecule has 0 saturated heterocycles. The molecule has 0 bridgehead atoms. The molecule has 0 aliphatic heterocycles. The Hall–Kier alpha value is -0.940.